The van der Waals surface area contributed by atoms with Crippen LogP contribution in [0.15, 0.2) is 0 Å². The first-order chi connectivity index (χ1) is 7.05. The number of piperidine rings is 1. The van der Waals surface area contributed by atoms with Crippen LogP contribution in [0, 0.1) is 11.8 Å². The van der Waals surface area contributed by atoms with E-state index in [0.717, 1.165) is 11.8 Å². The predicted molar refractivity (Wildman–Crippen MR) is 65.0 cm³/mol. The molecule has 0 amide bonds. The molecule has 0 saturated carbocycles. The summed E-state index contributed by atoms with van der Waals surface area (Å²) in [6.45, 7) is 12.2. The van der Waals surface area contributed by atoms with E-state index in [1.807, 2.05) is 0 Å². The van der Waals surface area contributed by atoms with Gasteiger partial charge in [0.15, 0.2) is 0 Å². The monoisotopic (exact) mass is 210 g/mol. The second kappa shape index (κ2) is 4.42. The topological polar surface area (TPSA) is 15.3 Å². The zero-order valence-electron chi connectivity index (χ0n) is 10.6. The molecular formula is C13H26N2. The number of nitrogens with one attached hydrogen (secondary N) is 1. The molecule has 0 radical (unpaired) electrons. The van der Waals surface area contributed by atoms with Gasteiger partial charge < -0.3 is 5.32 Å². The molecule has 2 aliphatic heterocycles. The summed E-state index contributed by atoms with van der Waals surface area (Å²) in [6, 6.07) is 0. The molecule has 2 heterocycles. The second-order valence-corrected chi connectivity index (χ2v) is 6.37. The van der Waals surface area contributed by atoms with E-state index in [0.29, 0.717) is 5.54 Å². The van der Waals surface area contributed by atoms with Gasteiger partial charge in [-0.05, 0) is 65.0 Å². The van der Waals surface area contributed by atoms with Gasteiger partial charge in [0.25, 0.3) is 0 Å². The molecule has 1 N–H and O–H groups in total. The number of rotatable bonds is 2. The Bertz CT molecular complexity index is 195. The van der Waals surface area contributed by atoms with E-state index in [9.17, 15) is 0 Å². The van der Waals surface area contributed by atoms with Gasteiger partial charge in [-0.25, -0.2) is 0 Å². The van der Waals surface area contributed by atoms with Crippen molar-refractivity contribution in [3.05, 3.63) is 0 Å². The Morgan fingerprint density at radius 3 is 2.20 bits per heavy atom. The highest BCUT2D eigenvalue weighted by Gasteiger charge is 2.35. The van der Waals surface area contributed by atoms with Crippen LogP contribution in [0.3, 0.4) is 0 Å². The summed E-state index contributed by atoms with van der Waals surface area (Å²) < 4.78 is 0. The molecule has 0 aliphatic carbocycles. The molecule has 2 fully saturated rings. The predicted octanol–water partition coefficient (Wildman–Crippen LogP) is 2.11. The van der Waals surface area contributed by atoms with Crippen LogP contribution < -0.4 is 5.32 Å². The van der Waals surface area contributed by atoms with Crippen molar-refractivity contribution in [2.45, 2.75) is 45.6 Å². The van der Waals surface area contributed by atoms with Gasteiger partial charge in [-0.2, -0.15) is 0 Å². The SMILES string of the molecule is CC(C)(C)N1CC(CC2CCNCC2)C1. The molecule has 0 aromatic heterocycles. The lowest BCUT2D eigenvalue weighted by Crippen LogP contribution is -2.56. The van der Waals surface area contributed by atoms with Crippen molar-refractivity contribution in [3.63, 3.8) is 0 Å². The summed E-state index contributed by atoms with van der Waals surface area (Å²) in [6.07, 6.45) is 4.30. The van der Waals surface area contributed by atoms with Gasteiger partial charge in [-0.3, -0.25) is 4.90 Å². The van der Waals surface area contributed by atoms with Gasteiger partial charge in [0.05, 0.1) is 0 Å². The molecule has 0 aromatic rings. The molecule has 0 spiro atoms. The summed E-state index contributed by atoms with van der Waals surface area (Å²) in [7, 11) is 0. The maximum Gasteiger partial charge on any atom is 0.0125 e. The van der Waals surface area contributed by atoms with Crippen LogP contribution in [0.2, 0.25) is 0 Å². The van der Waals surface area contributed by atoms with Crippen LogP contribution in [-0.4, -0.2) is 36.6 Å². The molecule has 2 nitrogen and oxygen atoms in total. The van der Waals surface area contributed by atoms with E-state index in [4.69, 9.17) is 0 Å². The van der Waals surface area contributed by atoms with Gasteiger partial charge in [0.1, 0.15) is 0 Å². The first-order valence-corrected chi connectivity index (χ1v) is 6.51. The van der Waals surface area contributed by atoms with Crippen LogP contribution in [0.1, 0.15) is 40.0 Å². The lowest BCUT2D eigenvalue weighted by molar-refractivity contribution is 0.00163. The minimum absolute atomic E-state index is 0.393. The largest absolute Gasteiger partial charge is 0.317 e. The van der Waals surface area contributed by atoms with Crippen molar-refractivity contribution in [1.82, 2.24) is 10.2 Å². The zero-order chi connectivity index (χ0) is 10.9. The van der Waals surface area contributed by atoms with E-state index in [1.165, 1.54) is 45.4 Å². The Balaban J connectivity index is 1.67. The van der Waals surface area contributed by atoms with Gasteiger partial charge in [-0.15, -0.1) is 0 Å². The Labute approximate surface area is 94.4 Å². The average molecular weight is 210 g/mol. The Morgan fingerprint density at radius 2 is 1.67 bits per heavy atom. The third-order valence-electron chi connectivity index (χ3n) is 4.03. The fourth-order valence-electron chi connectivity index (χ4n) is 2.86. The molecule has 0 bridgehead atoms. The lowest BCUT2D eigenvalue weighted by Gasteiger charge is -2.49. The summed E-state index contributed by atoms with van der Waals surface area (Å²) in [4.78, 5) is 2.61. The van der Waals surface area contributed by atoms with Crippen molar-refractivity contribution in [3.8, 4) is 0 Å². The zero-order valence-corrected chi connectivity index (χ0v) is 10.6. The highest BCUT2D eigenvalue weighted by Crippen LogP contribution is 2.31. The maximum absolute atomic E-state index is 3.45. The van der Waals surface area contributed by atoms with Crippen LogP contribution in [0.25, 0.3) is 0 Å². The summed E-state index contributed by atoms with van der Waals surface area (Å²) >= 11 is 0. The standard InChI is InChI=1S/C13H26N2/c1-13(2,3)15-9-12(10-15)8-11-4-6-14-7-5-11/h11-12,14H,4-10H2,1-3H3. The molecule has 2 saturated heterocycles. The molecule has 0 unspecified atom stereocenters. The summed E-state index contributed by atoms with van der Waals surface area (Å²) in [5.74, 6) is 2.01. The summed E-state index contributed by atoms with van der Waals surface area (Å²) in [5.41, 5.74) is 0.393. The highest BCUT2D eigenvalue weighted by atomic mass is 15.2. The number of nitrogens with zero attached hydrogens (tertiary/aromatic N) is 1. The van der Waals surface area contributed by atoms with Gasteiger partial charge in [0, 0.05) is 18.6 Å². The molecule has 2 aliphatic rings. The van der Waals surface area contributed by atoms with E-state index in [-0.39, 0.29) is 0 Å². The molecule has 15 heavy (non-hydrogen) atoms. The Hall–Kier alpha value is -0.0800. The minimum Gasteiger partial charge on any atom is -0.317 e. The number of hydrogen-bond acceptors (Lipinski definition) is 2. The van der Waals surface area contributed by atoms with Gasteiger partial charge in [0.2, 0.25) is 0 Å². The Kier molecular flexibility index (Phi) is 3.36. The van der Waals surface area contributed by atoms with Crippen molar-refractivity contribution >= 4 is 0 Å². The van der Waals surface area contributed by atoms with Crippen molar-refractivity contribution in [1.29, 1.82) is 0 Å². The number of hydrogen-bond donors (Lipinski definition) is 1. The van der Waals surface area contributed by atoms with E-state index in [2.05, 4.69) is 31.0 Å². The quantitative estimate of drug-likeness (QED) is 0.751. The first-order valence-electron chi connectivity index (χ1n) is 6.51. The molecule has 0 aromatic carbocycles. The average Bonchev–Trinajstić information content (AvgIpc) is 2.10. The first kappa shape index (κ1) is 11.4. The molecule has 2 heteroatoms. The molecular weight excluding hydrogens is 184 g/mol. The van der Waals surface area contributed by atoms with Crippen molar-refractivity contribution in [2.75, 3.05) is 26.2 Å². The van der Waals surface area contributed by atoms with Gasteiger partial charge in [-0.1, -0.05) is 0 Å². The fourth-order valence-corrected chi connectivity index (χ4v) is 2.86. The Morgan fingerprint density at radius 1 is 1.07 bits per heavy atom. The third-order valence-corrected chi connectivity index (χ3v) is 4.03. The highest BCUT2D eigenvalue weighted by molar-refractivity contribution is 4.89. The lowest BCUT2D eigenvalue weighted by atomic mass is 9.82. The van der Waals surface area contributed by atoms with Crippen molar-refractivity contribution < 1.29 is 0 Å². The van der Waals surface area contributed by atoms with E-state index < -0.39 is 0 Å². The maximum atomic E-state index is 3.45. The molecule has 2 rings (SSSR count). The molecule has 0 atom stereocenters. The van der Waals surface area contributed by atoms with Crippen LogP contribution >= 0.6 is 0 Å². The van der Waals surface area contributed by atoms with E-state index in [1.54, 1.807) is 0 Å². The normalized spacial score (nSPS) is 26.6. The van der Waals surface area contributed by atoms with E-state index >= 15 is 0 Å². The van der Waals surface area contributed by atoms with Crippen LogP contribution in [-0.2, 0) is 0 Å². The fraction of sp³-hybridized carbons (Fsp3) is 1.00. The van der Waals surface area contributed by atoms with Crippen LogP contribution in [0.5, 0.6) is 0 Å². The second-order valence-electron chi connectivity index (χ2n) is 6.37. The van der Waals surface area contributed by atoms with Crippen LogP contribution in [0.4, 0.5) is 0 Å². The minimum atomic E-state index is 0.393. The van der Waals surface area contributed by atoms with Crippen molar-refractivity contribution in [2.24, 2.45) is 11.8 Å². The smallest absolute Gasteiger partial charge is 0.0125 e. The third kappa shape index (κ3) is 2.94. The van der Waals surface area contributed by atoms with Gasteiger partial charge >= 0.3 is 0 Å². The summed E-state index contributed by atoms with van der Waals surface area (Å²) in [5, 5.41) is 3.45. The molecule has 88 valence electrons. The number of likely N-dealkylation sites (tertiary alicyclic amines) is 1.